The molecule has 0 saturated heterocycles. The SMILES string of the molecule is COc1ccccc1-c1ccnc2nc(C(=O)O)nn12. The van der Waals surface area contributed by atoms with E-state index in [1.807, 2.05) is 24.3 Å². The number of methoxy groups -OCH3 is 1. The number of carboxylic acid groups (broad SMARTS) is 1. The fourth-order valence-corrected chi connectivity index (χ4v) is 1.94. The van der Waals surface area contributed by atoms with Crippen molar-refractivity contribution >= 4 is 11.7 Å². The summed E-state index contributed by atoms with van der Waals surface area (Å²) in [6.45, 7) is 0. The number of hydrogen-bond acceptors (Lipinski definition) is 5. The highest BCUT2D eigenvalue weighted by atomic mass is 16.5. The van der Waals surface area contributed by atoms with Crippen LogP contribution in [0, 0.1) is 0 Å². The first kappa shape index (κ1) is 12.1. The van der Waals surface area contributed by atoms with Crippen molar-refractivity contribution in [3.05, 3.63) is 42.4 Å². The number of aromatic carboxylic acids is 1. The Morgan fingerprint density at radius 1 is 1.30 bits per heavy atom. The molecule has 0 radical (unpaired) electrons. The number of aromatic nitrogens is 4. The molecule has 0 aliphatic heterocycles. The molecule has 2 heterocycles. The molecule has 0 aliphatic carbocycles. The van der Waals surface area contributed by atoms with Gasteiger partial charge in [-0.1, -0.05) is 12.1 Å². The number of ether oxygens (including phenoxy) is 1. The van der Waals surface area contributed by atoms with Crippen molar-refractivity contribution in [3.8, 4) is 17.0 Å². The van der Waals surface area contributed by atoms with Crippen molar-refractivity contribution in [2.24, 2.45) is 0 Å². The van der Waals surface area contributed by atoms with Gasteiger partial charge in [-0.25, -0.2) is 9.78 Å². The Morgan fingerprint density at radius 2 is 2.10 bits per heavy atom. The highest BCUT2D eigenvalue weighted by Crippen LogP contribution is 2.28. The van der Waals surface area contributed by atoms with Gasteiger partial charge < -0.3 is 9.84 Å². The summed E-state index contributed by atoms with van der Waals surface area (Å²) in [5, 5.41) is 12.9. The second kappa shape index (κ2) is 4.61. The smallest absolute Gasteiger partial charge is 0.375 e. The second-order valence-corrected chi connectivity index (χ2v) is 3.98. The number of nitrogens with zero attached hydrogens (tertiary/aromatic N) is 4. The molecule has 7 nitrogen and oxygen atoms in total. The van der Waals surface area contributed by atoms with E-state index in [9.17, 15) is 4.79 Å². The molecule has 0 aliphatic rings. The quantitative estimate of drug-likeness (QED) is 0.775. The van der Waals surface area contributed by atoms with E-state index in [4.69, 9.17) is 9.84 Å². The van der Waals surface area contributed by atoms with Gasteiger partial charge in [-0.15, -0.1) is 5.10 Å². The number of rotatable bonds is 3. The standard InChI is InChI=1S/C13H10N4O3/c1-20-10-5-3-2-4-8(10)9-6-7-14-13-15-11(12(18)19)16-17(9)13/h2-7H,1H3,(H,18,19). The molecule has 2 aromatic heterocycles. The van der Waals surface area contributed by atoms with E-state index in [1.165, 1.54) is 4.52 Å². The van der Waals surface area contributed by atoms with Crippen LogP contribution in [0.4, 0.5) is 0 Å². The van der Waals surface area contributed by atoms with Gasteiger partial charge in [0.25, 0.3) is 11.6 Å². The number of carbonyl (C=O) groups is 1. The maximum atomic E-state index is 11.0. The lowest BCUT2D eigenvalue weighted by atomic mass is 10.1. The normalized spacial score (nSPS) is 10.7. The summed E-state index contributed by atoms with van der Waals surface area (Å²) in [5.41, 5.74) is 1.44. The number of fused-ring (bicyclic) bond motifs is 1. The van der Waals surface area contributed by atoms with Gasteiger partial charge in [0, 0.05) is 11.8 Å². The van der Waals surface area contributed by atoms with Crippen LogP contribution in [0.15, 0.2) is 36.5 Å². The van der Waals surface area contributed by atoms with Crippen LogP contribution in [0.2, 0.25) is 0 Å². The van der Waals surface area contributed by atoms with Gasteiger partial charge >= 0.3 is 5.97 Å². The lowest BCUT2D eigenvalue weighted by Gasteiger charge is -2.08. The predicted molar refractivity (Wildman–Crippen MR) is 69.7 cm³/mol. The van der Waals surface area contributed by atoms with Gasteiger partial charge in [-0.05, 0) is 18.2 Å². The summed E-state index contributed by atoms with van der Waals surface area (Å²) in [4.78, 5) is 18.8. The molecule has 0 saturated carbocycles. The monoisotopic (exact) mass is 270 g/mol. The molecule has 0 amide bonds. The molecule has 0 bridgehead atoms. The molecule has 100 valence electrons. The summed E-state index contributed by atoms with van der Waals surface area (Å²) in [5.74, 6) is -0.598. The van der Waals surface area contributed by atoms with Crippen LogP contribution in [0.3, 0.4) is 0 Å². The summed E-state index contributed by atoms with van der Waals surface area (Å²) >= 11 is 0. The number of benzene rings is 1. The van der Waals surface area contributed by atoms with E-state index >= 15 is 0 Å². The van der Waals surface area contributed by atoms with Gasteiger partial charge in [-0.3, -0.25) is 0 Å². The Balaban J connectivity index is 2.28. The van der Waals surface area contributed by atoms with Crippen molar-refractivity contribution in [1.82, 2.24) is 19.6 Å². The minimum absolute atomic E-state index is 0.228. The average Bonchev–Trinajstić information content (AvgIpc) is 2.91. The molecule has 3 rings (SSSR count). The zero-order chi connectivity index (χ0) is 14.1. The summed E-state index contributed by atoms with van der Waals surface area (Å²) in [7, 11) is 1.57. The predicted octanol–water partition coefficient (Wildman–Crippen LogP) is 1.50. The average molecular weight is 270 g/mol. The molecule has 0 fully saturated rings. The fourth-order valence-electron chi connectivity index (χ4n) is 1.94. The van der Waals surface area contributed by atoms with E-state index in [-0.39, 0.29) is 11.6 Å². The Bertz CT molecular complexity index is 797. The molecule has 0 spiro atoms. The summed E-state index contributed by atoms with van der Waals surface area (Å²) < 4.78 is 6.69. The molecule has 3 aromatic rings. The third kappa shape index (κ3) is 1.85. The minimum atomic E-state index is -1.19. The summed E-state index contributed by atoms with van der Waals surface area (Å²) in [6, 6.07) is 9.11. The largest absolute Gasteiger partial charge is 0.496 e. The number of carboxylic acids is 1. The van der Waals surface area contributed by atoms with Crippen molar-refractivity contribution in [2.45, 2.75) is 0 Å². The van der Waals surface area contributed by atoms with Crippen LogP contribution in [0.1, 0.15) is 10.6 Å². The Morgan fingerprint density at radius 3 is 2.85 bits per heavy atom. The van der Waals surface area contributed by atoms with Crippen molar-refractivity contribution in [1.29, 1.82) is 0 Å². The van der Waals surface area contributed by atoms with Gasteiger partial charge in [0.15, 0.2) is 0 Å². The highest BCUT2D eigenvalue weighted by molar-refractivity contribution is 5.83. The van der Waals surface area contributed by atoms with Crippen molar-refractivity contribution in [2.75, 3.05) is 7.11 Å². The third-order valence-electron chi connectivity index (χ3n) is 2.81. The van der Waals surface area contributed by atoms with Gasteiger partial charge in [0.2, 0.25) is 0 Å². The molecular weight excluding hydrogens is 260 g/mol. The number of para-hydroxylation sites is 1. The van der Waals surface area contributed by atoms with E-state index in [0.717, 1.165) is 5.56 Å². The first-order chi connectivity index (χ1) is 9.70. The van der Waals surface area contributed by atoms with E-state index < -0.39 is 5.97 Å². The molecular formula is C13H10N4O3. The maximum Gasteiger partial charge on any atom is 0.375 e. The molecule has 0 atom stereocenters. The van der Waals surface area contributed by atoms with Crippen LogP contribution in [-0.2, 0) is 0 Å². The maximum absolute atomic E-state index is 11.0. The number of hydrogen-bond donors (Lipinski definition) is 1. The van der Waals surface area contributed by atoms with E-state index in [1.54, 1.807) is 19.4 Å². The molecule has 1 aromatic carbocycles. The first-order valence-electron chi connectivity index (χ1n) is 5.79. The van der Waals surface area contributed by atoms with Crippen LogP contribution < -0.4 is 4.74 Å². The zero-order valence-electron chi connectivity index (χ0n) is 10.5. The van der Waals surface area contributed by atoms with E-state index in [0.29, 0.717) is 11.4 Å². The van der Waals surface area contributed by atoms with Crippen molar-refractivity contribution < 1.29 is 14.6 Å². The van der Waals surface area contributed by atoms with Crippen LogP contribution in [-0.4, -0.2) is 37.8 Å². The van der Waals surface area contributed by atoms with Gasteiger partial charge in [0.1, 0.15) is 5.75 Å². The Labute approximate surface area is 113 Å². The second-order valence-electron chi connectivity index (χ2n) is 3.98. The lowest BCUT2D eigenvalue weighted by Crippen LogP contribution is -2.01. The van der Waals surface area contributed by atoms with Crippen LogP contribution in [0.5, 0.6) is 5.75 Å². The molecule has 7 heteroatoms. The first-order valence-corrected chi connectivity index (χ1v) is 5.79. The topological polar surface area (TPSA) is 89.6 Å². The Kier molecular flexibility index (Phi) is 2.79. The molecule has 0 unspecified atom stereocenters. The van der Waals surface area contributed by atoms with Crippen LogP contribution >= 0.6 is 0 Å². The molecule has 1 N–H and O–H groups in total. The molecule has 20 heavy (non-hydrogen) atoms. The fraction of sp³-hybridized carbons (Fsp3) is 0.0769. The van der Waals surface area contributed by atoms with E-state index in [2.05, 4.69) is 15.1 Å². The van der Waals surface area contributed by atoms with Gasteiger partial charge in [0.05, 0.1) is 12.8 Å². The minimum Gasteiger partial charge on any atom is -0.496 e. The third-order valence-corrected chi connectivity index (χ3v) is 2.81. The zero-order valence-corrected chi connectivity index (χ0v) is 10.5. The highest BCUT2D eigenvalue weighted by Gasteiger charge is 2.16. The van der Waals surface area contributed by atoms with Crippen LogP contribution in [0.25, 0.3) is 17.0 Å². The van der Waals surface area contributed by atoms with Gasteiger partial charge in [-0.2, -0.15) is 9.50 Å². The lowest BCUT2D eigenvalue weighted by molar-refractivity contribution is 0.0684. The van der Waals surface area contributed by atoms with Crippen molar-refractivity contribution in [3.63, 3.8) is 0 Å². The summed E-state index contributed by atoms with van der Waals surface area (Å²) in [6.07, 6.45) is 1.55. The Hall–Kier alpha value is -2.96.